The predicted molar refractivity (Wildman–Crippen MR) is 88.3 cm³/mol. The fourth-order valence-corrected chi connectivity index (χ4v) is 4.26. The smallest absolute Gasteiger partial charge is 0.309 e. The van der Waals surface area contributed by atoms with Crippen LogP contribution in [-0.2, 0) is 26.2 Å². The SMILES string of the molecule is CS(=O)(=O)N1CCC(C(=O)OCc2cc(=O)n3ccsc3n2)CC1. The summed E-state index contributed by atoms with van der Waals surface area (Å²) in [6, 6.07) is 1.35. The molecule has 3 heterocycles. The average Bonchev–Trinajstić information content (AvgIpc) is 3.01. The van der Waals surface area contributed by atoms with Crippen LogP contribution in [0.4, 0.5) is 0 Å². The summed E-state index contributed by atoms with van der Waals surface area (Å²) in [7, 11) is -3.21. The van der Waals surface area contributed by atoms with E-state index in [4.69, 9.17) is 4.74 Å². The molecule has 24 heavy (non-hydrogen) atoms. The molecule has 8 nitrogen and oxygen atoms in total. The fourth-order valence-electron chi connectivity index (χ4n) is 2.65. The summed E-state index contributed by atoms with van der Waals surface area (Å²) in [5.74, 6) is -0.703. The highest BCUT2D eigenvalue weighted by molar-refractivity contribution is 7.88. The van der Waals surface area contributed by atoms with Gasteiger partial charge in [-0.1, -0.05) is 0 Å². The number of piperidine rings is 1. The van der Waals surface area contributed by atoms with Crippen LogP contribution in [0.3, 0.4) is 0 Å². The Morgan fingerprint density at radius 2 is 2.12 bits per heavy atom. The van der Waals surface area contributed by atoms with Gasteiger partial charge in [0.25, 0.3) is 5.56 Å². The quantitative estimate of drug-likeness (QED) is 0.725. The van der Waals surface area contributed by atoms with Gasteiger partial charge in [0.2, 0.25) is 10.0 Å². The van der Waals surface area contributed by atoms with E-state index in [9.17, 15) is 18.0 Å². The van der Waals surface area contributed by atoms with Crippen molar-refractivity contribution in [2.75, 3.05) is 19.3 Å². The van der Waals surface area contributed by atoms with Crippen LogP contribution in [-0.4, -0.2) is 47.4 Å². The van der Waals surface area contributed by atoms with E-state index in [1.54, 1.807) is 11.6 Å². The van der Waals surface area contributed by atoms with Gasteiger partial charge in [0, 0.05) is 30.7 Å². The summed E-state index contributed by atoms with van der Waals surface area (Å²) in [6.45, 7) is 0.577. The minimum atomic E-state index is -3.21. The van der Waals surface area contributed by atoms with Crippen LogP contribution in [0.15, 0.2) is 22.4 Å². The van der Waals surface area contributed by atoms with Gasteiger partial charge in [0.1, 0.15) is 6.61 Å². The van der Waals surface area contributed by atoms with Crippen LogP contribution in [0.25, 0.3) is 4.96 Å². The largest absolute Gasteiger partial charge is 0.459 e. The van der Waals surface area contributed by atoms with Gasteiger partial charge in [-0.3, -0.25) is 14.0 Å². The lowest BCUT2D eigenvalue weighted by Crippen LogP contribution is -2.40. The molecule has 0 atom stereocenters. The second kappa shape index (κ2) is 6.61. The van der Waals surface area contributed by atoms with Crippen LogP contribution in [0.5, 0.6) is 0 Å². The molecule has 1 saturated heterocycles. The van der Waals surface area contributed by atoms with Crippen molar-refractivity contribution in [3.8, 4) is 0 Å². The van der Waals surface area contributed by atoms with Crippen LogP contribution >= 0.6 is 11.3 Å². The topological polar surface area (TPSA) is 98.0 Å². The van der Waals surface area contributed by atoms with Gasteiger partial charge in [0.15, 0.2) is 4.96 Å². The average molecular weight is 371 g/mol. The lowest BCUT2D eigenvalue weighted by molar-refractivity contribution is -0.151. The standard InChI is InChI=1S/C14H17N3O5S2/c1-24(20,21)16-4-2-10(3-5-16)13(19)22-9-11-8-12(18)17-6-7-23-14(17)15-11/h6-8,10H,2-5,9H2,1H3. The molecule has 0 N–H and O–H groups in total. The zero-order valence-electron chi connectivity index (χ0n) is 13.0. The Kier molecular flexibility index (Phi) is 4.70. The lowest BCUT2D eigenvalue weighted by Gasteiger charge is -2.28. The Hall–Kier alpha value is -1.78. The highest BCUT2D eigenvalue weighted by Gasteiger charge is 2.29. The van der Waals surface area contributed by atoms with E-state index in [1.165, 1.54) is 26.1 Å². The monoisotopic (exact) mass is 371 g/mol. The highest BCUT2D eigenvalue weighted by Crippen LogP contribution is 2.20. The number of fused-ring (bicyclic) bond motifs is 1. The molecule has 2 aromatic rings. The van der Waals surface area contributed by atoms with Crippen molar-refractivity contribution < 1.29 is 17.9 Å². The number of hydrogen-bond acceptors (Lipinski definition) is 7. The van der Waals surface area contributed by atoms with Crippen LogP contribution in [0, 0.1) is 5.92 Å². The summed E-state index contributed by atoms with van der Waals surface area (Å²) in [6.07, 6.45) is 3.68. The number of hydrogen-bond donors (Lipinski definition) is 0. The zero-order valence-corrected chi connectivity index (χ0v) is 14.7. The van der Waals surface area contributed by atoms with Crippen molar-refractivity contribution in [2.45, 2.75) is 19.4 Å². The maximum Gasteiger partial charge on any atom is 0.309 e. The van der Waals surface area contributed by atoms with E-state index in [-0.39, 0.29) is 24.1 Å². The molecule has 0 bridgehead atoms. The van der Waals surface area contributed by atoms with Crippen molar-refractivity contribution in [1.82, 2.24) is 13.7 Å². The fraction of sp³-hybridized carbons (Fsp3) is 0.500. The third-order valence-electron chi connectivity index (χ3n) is 3.97. The van der Waals surface area contributed by atoms with E-state index < -0.39 is 10.0 Å². The zero-order chi connectivity index (χ0) is 17.3. The Balaban J connectivity index is 1.58. The van der Waals surface area contributed by atoms with E-state index >= 15 is 0 Å². The number of aromatic nitrogens is 2. The highest BCUT2D eigenvalue weighted by atomic mass is 32.2. The minimum absolute atomic E-state index is 0.0607. The summed E-state index contributed by atoms with van der Waals surface area (Å²) in [4.78, 5) is 28.8. The van der Waals surface area contributed by atoms with Crippen molar-refractivity contribution in [3.63, 3.8) is 0 Å². The summed E-state index contributed by atoms with van der Waals surface area (Å²) < 4.78 is 31.0. The molecule has 0 aromatic carbocycles. The third kappa shape index (κ3) is 3.65. The molecule has 0 aliphatic carbocycles. The first kappa shape index (κ1) is 17.1. The van der Waals surface area contributed by atoms with Gasteiger partial charge in [-0.05, 0) is 12.8 Å². The van der Waals surface area contributed by atoms with Crippen molar-refractivity contribution in [1.29, 1.82) is 0 Å². The third-order valence-corrected chi connectivity index (χ3v) is 6.03. The molecule has 0 amide bonds. The van der Waals surface area contributed by atoms with E-state index in [1.807, 2.05) is 0 Å². The Morgan fingerprint density at radius 3 is 2.79 bits per heavy atom. The van der Waals surface area contributed by atoms with Crippen LogP contribution in [0.2, 0.25) is 0 Å². The number of thiazole rings is 1. The van der Waals surface area contributed by atoms with Gasteiger partial charge in [0.05, 0.1) is 17.9 Å². The first-order valence-electron chi connectivity index (χ1n) is 7.42. The van der Waals surface area contributed by atoms with Gasteiger partial charge in [-0.25, -0.2) is 17.7 Å². The lowest BCUT2D eigenvalue weighted by atomic mass is 9.98. The predicted octanol–water partition coefficient (Wildman–Crippen LogP) is 0.471. The van der Waals surface area contributed by atoms with Crippen molar-refractivity contribution in [3.05, 3.63) is 33.7 Å². The summed E-state index contributed by atoms with van der Waals surface area (Å²) in [5, 5.41) is 1.76. The Labute approximate surface area is 142 Å². The number of esters is 1. The Bertz CT molecular complexity index is 910. The molecule has 0 spiro atoms. The van der Waals surface area contributed by atoms with E-state index in [2.05, 4.69) is 4.98 Å². The molecule has 1 aliphatic heterocycles. The second-order valence-electron chi connectivity index (χ2n) is 5.69. The van der Waals surface area contributed by atoms with Crippen LogP contribution in [0.1, 0.15) is 18.5 Å². The molecule has 3 rings (SSSR count). The first-order valence-corrected chi connectivity index (χ1v) is 10.1. The molecule has 1 fully saturated rings. The van der Waals surface area contributed by atoms with E-state index in [0.29, 0.717) is 36.6 Å². The molecule has 0 unspecified atom stereocenters. The maximum atomic E-state index is 12.1. The summed E-state index contributed by atoms with van der Waals surface area (Å²) in [5.41, 5.74) is 0.193. The van der Waals surface area contributed by atoms with Gasteiger partial charge in [-0.2, -0.15) is 0 Å². The summed E-state index contributed by atoms with van der Waals surface area (Å²) >= 11 is 1.33. The van der Waals surface area contributed by atoms with Crippen LogP contribution < -0.4 is 5.56 Å². The van der Waals surface area contributed by atoms with Crippen molar-refractivity contribution in [2.24, 2.45) is 5.92 Å². The Morgan fingerprint density at radius 1 is 1.42 bits per heavy atom. The molecular formula is C14H17N3O5S2. The number of ether oxygens (including phenoxy) is 1. The van der Waals surface area contributed by atoms with Gasteiger partial charge >= 0.3 is 5.97 Å². The minimum Gasteiger partial charge on any atom is -0.459 e. The molecule has 10 heteroatoms. The molecule has 0 saturated carbocycles. The number of carbonyl (C=O) groups is 1. The number of nitrogens with zero attached hydrogens (tertiary/aromatic N) is 3. The second-order valence-corrected chi connectivity index (χ2v) is 8.54. The number of carbonyl (C=O) groups excluding carboxylic acids is 1. The maximum absolute atomic E-state index is 12.1. The normalized spacial score (nSPS) is 17.2. The van der Waals surface area contributed by atoms with Crippen molar-refractivity contribution >= 4 is 32.3 Å². The molecule has 0 radical (unpaired) electrons. The number of rotatable bonds is 4. The molecule has 2 aromatic heterocycles. The first-order chi connectivity index (χ1) is 11.3. The van der Waals surface area contributed by atoms with Gasteiger partial charge < -0.3 is 4.74 Å². The van der Waals surface area contributed by atoms with Gasteiger partial charge in [-0.15, -0.1) is 11.3 Å². The molecule has 1 aliphatic rings. The number of sulfonamides is 1. The molecule has 130 valence electrons. The molecular weight excluding hydrogens is 354 g/mol. The van der Waals surface area contributed by atoms with E-state index in [0.717, 1.165) is 6.26 Å².